The second kappa shape index (κ2) is 17.2. The van der Waals surface area contributed by atoms with Crippen molar-refractivity contribution in [3.63, 3.8) is 0 Å². The van der Waals surface area contributed by atoms with E-state index in [0.717, 1.165) is 41.5 Å². The van der Waals surface area contributed by atoms with E-state index >= 15 is 0 Å². The molecule has 0 amide bonds. The topological polar surface area (TPSA) is 22.8 Å². The summed E-state index contributed by atoms with van der Waals surface area (Å²) < 4.78 is 5.16. The van der Waals surface area contributed by atoms with Crippen LogP contribution in [0.4, 0.5) is 0 Å². The van der Waals surface area contributed by atoms with Gasteiger partial charge in [0.1, 0.15) is 0 Å². The lowest BCUT2D eigenvalue weighted by molar-refractivity contribution is 0.440. The second-order valence-corrected chi connectivity index (χ2v) is 20.8. The third-order valence-corrected chi connectivity index (χ3v) is 16.3. The van der Waals surface area contributed by atoms with Crippen molar-refractivity contribution in [2.75, 3.05) is 0 Å². The zero-order valence-electron chi connectivity index (χ0n) is 41.7. The molecule has 0 spiro atoms. The summed E-state index contributed by atoms with van der Waals surface area (Å²) in [7, 11) is 0. The lowest BCUT2D eigenvalue weighted by atomic mass is 9.84. The van der Waals surface area contributed by atoms with Gasteiger partial charge in [0.25, 0.3) is 0 Å². The van der Waals surface area contributed by atoms with Crippen LogP contribution in [0.15, 0.2) is 249 Å². The fraction of sp³-hybridized carbons (Fsp3) is 0.0694. The minimum Gasteiger partial charge on any atom is -0.331 e. The number of rotatable bonds is 7. The summed E-state index contributed by atoms with van der Waals surface area (Å²) in [6.45, 7) is 2.43. The Bertz CT molecular complexity index is 4440. The number of aromatic nitrogens is 3. The number of aryl methyl sites for hydroxylation is 1. The van der Waals surface area contributed by atoms with E-state index in [1.54, 1.807) is 0 Å². The predicted octanol–water partition coefficient (Wildman–Crippen LogP) is 19.0. The maximum atomic E-state index is 4.84. The molecule has 0 bridgehead atoms. The second-order valence-electron chi connectivity index (χ2n) is 20.8. The maximum Gasteiger partial charge on any atom is 0.0669 e. The van der Waals surface area contributed by atoms with Crippen molar-refractivity contribution in [3.8, 4) is 44.5 Å². The van der Waals surface area contributed by atoms with Gasteiger partial charge >= 0.3 is 0 Å². The van der Waals surface area contributed by atoms with Gasteiger partial charge < -0.3 is 9.13 Å². The van der Waals surface area contributed by atoms with Crippen LogP contribution in [-0.2, 0) is 12.0 Å². The van der Waals surface area contributed by atoms with Gasteiger partial charge in [0.05, 0.1) is 11.1 Å². The van der Waals surface area contributed by atoms with Crippen LogP contribution in [0.1, 0.15) is 36.6 Å². The van der Waals surface area contributed by atoms with Crippen LogP contribution in [0.2, 0.25) is 0 Å². The van der Waals surface area contributed by atoms with E-state index in [9.17, 15) is 0 Å². The van der Waals surface area contributed by atoms with Crippen LogP contribution in [0, 0.1) is 0 Å². The predicted molar refractivity (Wildman–Crippen MR) is 318 cm³/mol. The van der Waals surface area contributed by atoms with Crippen LogP contribution in [-0.4, -0.2) is 14.1 Å². The third kappa shape index (κ3) is 6.92. The summed E-state index contributed by atoms with van der Waals surface area (Å²) in [5.41, 5.74) is 19.3. The molecule has 0 saturated heterocycles. The van der Waals surface area contributed by atoms with Crippen LogP contribution < -0.4 is 0 Å². The van der Waals surface area contributed by atoms with Crippen LogP contribution in [0.5, 0.6) is 0 Å². The summed E-state index contributed by atoms with van der Waals surface area (Å²) in [4.78, 5) is 4.84. The summed E-state index contributed by atoms with van der Waals surface area (Å²) in [5, 5.41) is 11.5. The zero-order chi connectivity index (χ0) is 49.6. The molecule has 354 valence electrons. The minimum atomic E-state index is -0.383. The zero-order valence-corrected chi connectivity index (χ0v) is 41.7. The van der Waals surface area contributed by atoms with Crippen molar-refractivity contribution in [1.82, 2.24) is 14.1 Å². The molecule has 13 aromatic rings. The monoisotopic (exact) mass is 957 g/mol. The first-order valence-corrected chi connectivity index (χ1v) is 26.4. The van der Waals surface area contributed by atoms with Crippen molar-refractivity contribution < 1.29 is 0 Å². The highest BCUT2D eigenvalue weighted by molar-refractivity contribution is 6.23. The van der Waals surface area contributed by atoms with Gasteiger partial charge in [-0.2, -0.15) is 0 Å². The molecule has 2 aliphatic carbocycles. The summed E-state index contributed by atoms with van der Waals surface area (Å²) >= 11 is 0. The minimum absolute atomic E-state index is 0.383. The van der Waals surface area contributed by atoms with Crippen LogP contribution >= 0.6 is 0 Å². The molecule has 75 heavy (non-hydrogen) atoms. The Kier molecular flexibility index (Phi) is 9.90. The molecular formula is C72H51N3. The average molecular weight is 958 g/mol. The van der Waals surface area contributed by atoms with Gasteiger partial charge in [-0.1, -0.05) is 206 Å². The quantitative estimate of drug-likeness (QED) is 0.146. The van der Waals surface area contributed by atoms with E-state index in [4.69, 9.17) is 4.98 Å². The van der Waals surface area contributed by atoms with E-state index in [1.165, 1.54) is 115 Å². The van der Waals surface area contributed by atoms with Gasteiger partial charge in [0.15, 0.2) is 0 Å². The SMILES string of the molecule is CC1(n2c3ccccc3c3ccccc32)C=C(c2ccc(-c3cncc(-c4ccc(-c5c6ccccc6c(-c6cccc7ccccc67)c6ccccc56)cc4)c3)cc2)C=C(n2c3c(c4ccccc42)CCC=C3)C1. The van der Waals surface area contributed by atoms with E-state index in [-0.39, 0.29) is 5.54 Å². The molecule has 0 radical (unpaired) electrons. The molecule has 3 heteroatoms. The van der Waals surface area contributed by atoms with Crippen molar-refractivity contribution in [2.24, 2.45) is 0 Å². The van der Waals surface area contributed by atoms with Crippen molar-refractivity contribution >= 4 is 82.4 Å². The van der Waals surface area contributed by atoms with E-state index in [0.29, 0.717) is 0 Å². The molecule has 0 saturated carbocycles. The van der Waals surface area contributed by atoms with Crippen LogP contribution in [0.25, 0.3) is 127 Å². The van der Waals surface area contributed by atoms with Crippen molar-refractivity contribution in [1.29, 1.82) is 0 Å². The number of hydrogen-bond acceptors (Lipinski definition) is 1. The molecule has 2 aliphatic rings. The largest absolute Gasteiger partial charge is 0.331 e. The molecular weight excluding hydrogens is 907 g/mol. The van der Waals surface area contributed by atoms with E-state index in [2.05, 4.69) is 259 Å². The Balaban J connectivity index is 0.801. The number of hydrogen-bond donors (Lipinski definition) is 0. The Hall–Kier alpha value is -9.31. The lowest BCUT2D eigenvalue weighted by Gasteiger charge is -2.36. The normalized spacial score (nSPS) is 15.5. The highest BCUT2D eigenvalue weighted by Crippen LogP contribution is 2.48. The van der Waals surface area contributed by atoms with Gasteiger partial charge in [-0.3, -0.25) is 4.98 Å². The first-order chi connectivity index (χ1) is 37.1. The highest BCUT2D eigenvalue weighted by Gasteiger charge is 2.34. The van der Waals surface area contributed by atoms with Crippen molar-refractivity contribution in [3.05, 3.63) is 266 Å². The van der Waals surface area contributed by atoms with Gasteiger partial charge in [-0.25, -0.2) is 0 Å². The fourth-order valence-corrected chi connectivity index (χ4v) is 13.1. The number of benzene rings is 10. The van der Waals surface area contributed by atoms with Crippen LogP contribution in [0.3, 0.4) is 0 Å². The Morgan fingerprint density at radius 3 is 1.59 bits per heavy atom. The van der Waals surface area contributed by atoms with E-state index in [1.807, 2.05) is 12.4 Å². The van der Waals surface area contributed by atoms with Gasteiger partial charge in [-0.15, -0.1) is 0 Å². The van der Waals surface area contributed by atoms with Crippen molar-refractivity contribution in [2.45, 2.75) is 31.7 Å². The molecule has 1 unspecified atom stereocenters. The summed E-state index contributed by atoms with van der Waals surface area (Å²) in [6.07, 6.45) is 16.6. The lowest BCUT2D eigenvalue weighted by Crippen LogP contribution is -2.31. The molecule has 1 atom stereocenters. The molecule has 3 aromatic heterocycles. The highest BCUT2D eigenvalue weighted by atomic mass is 15.1. The first-order valence-electron chi connectivity index (χ1n) is 26.4. The number of fused-ring (bicyclic) bond motifs is 9. The molecule has 3 nitrogen and oxygen atoms in total. The van der Waals surface area contributed by atoms with Gasteiger partial charge in [-0.05, 0) is 139 Å². The molecule has 0 fully saturated rings. The number of pyridine rings is 1. The average Bonchev–Trinajstić information content (AvgIpc) is 4.01. The molecule has 15 rings (SSSR count). The maximum absolute atomic E-state index is 4.84. The number of para-hydroxylation sites is 3. The van der Waals surface area contributed by atoms with E-state index < -0.39 is 0 Å². The number of allylic oxidation sites excluding steroid dienone is 5. The standard InChI is InChI=1S/C72H51N3/c1-72(75-68-31-14-10-22-59(68)60-23-11-15-32-69(60)75)43-52(42-55(44-72)74-66-29-12-8-20-57(66)58-21-9-13-30-67(58)74)47-33-35-48(36-34-47)53-41-54(46-73-45-53)49-37-39-51(40-38-49)70-62-24-4-6-26-64(62)71(65-27-7-5-25-63(65)70)61-28-16-18-50-17-2-3-19-56(50)61/h2-8,10-20,22-43,45-46H,9,21,44H2,1H3. The Morgan fingerprint density at radius 1 is 0.440 bits per heavy atom. The summed E-state index contributed by atoms with van der Waals surface area (Å²) in [5.74, 6) is 0. The molecule has 0 aliphatic heterocycles. The third-order valence-electron chi connectivity index (χ3n) is 16.3. The Labute approximate surface area is 436 Å². The smallest absolute Gasteiger partial charge is 0.0669 e. The fourth-order valence-electron chi connectivity index (χ4n) is 13.1. The molecule has 0 N–H and O–H groups in total. The van der Waals surface area contributed by atoms with Gasteiger partial charge in [0, 0.05) is 68.5 Å². The van der Waals surface area contributed by atoms with Gasteiger partial charge in [0.2, 0.25) is 0 Å². The summed E-state index contributed by atoms with van der Waals surface area (Å²) in [6, 6.07) is 80.6. The molecule has 10 aromatic carbocycles. The Morgan fingerprint density at radius 2 is 0.947 bits per heavy atom. The first kappa shape index (κ1) is 43.3. The molecule has 3 heterocycles. The number of nitrogens with zero attached hydrogens (tertiary/aromatic N) is 3.